The number of hydrogen-bond acceptors (Lipinski definition) is 7. The summed E-state index contributed by atoms with van der Waals surface area (Å²) in [7, 11) is 2.06. The van der Waals surface area contributed by atoms with E-state index in [4.69, 9.17) is 9.47 Å². The normalized spacial score (nSPS) is 26.1. The molecule has 0 saturated heterocycles. The number of esters is 1. The molecule has 4 rings (SSSR count). The molecule has 1 aliphatic carbocycles. The van der Waals surface area contributed by atoms with Gasteiger partial charge in [-0.2, -0.15) is 0 Å². The smallest absolute Gasteiger partial charge is 0.326 e. The lowest BCUT2D eigenvalue weighted by Crippen LogP contribution is -2.44. The van der Waals surface area contributed by atoms with Gasteiger partial charge in [0.05, 0.1) is 17.9 Å². The van der Waals surface area contributed by atoms with Crippen LogP contribution in [0.15, 0.2) is 24.3 Å². The summed E-state index contributed by atoms with van der Waals surface area (Å²) in [5, 5.41) is 21.9. The largest absolute Gasteiger partial charge is 0.485 e. The summed E-state index contributed by atoms with van der Waals surface area (Å²) in [5.74, 6) is -1.69. The molecule has 3 aliphatic rings. The summed E-state index contributed by atoms with van der Waals surface area (Å²) >= 11 is 0. The lowest BCUT2D eigenvalue weighted by Gasteiger charge is -2.35. The van der Waals surface area contributed by atoms with Crippen molar-refractivity contribution < 1.29 is 34.1 Å². The summed E-state index contributed by atoms with van der Waals surface area (Å²) in [4.78, 5) is 38.3. The van der Waals surface area contributed by atoms with Crippen molar-refractivity contribution in [1.29, 1.82) is 0 Å². The van der Waals surface area contributed by atoms with Gasteiger partial charge in [0.25, 0.3) is 0 Å². The van der Waals surface area contributed by atoms with Gasteiger partial charge in [0.2, 0.25) is 5.91 Å². The zero-order chi connectivity index (χ0) is 24.6. The molecule has 1 amide bonds. The molecule has 4 atom stereocenters. The Balaban J connectivity index is 1.50. The van der Waals surface area contributed by atoms with Crippen LogP contribution in [0.1, 0.15) is 50.7 Å². The Morgan fingerprint density at radius 2 is 2.06 bits per heavy atom. The molecule has 2 aliphatic heterocycles. The molecule has 0 aromatic heterocycles. The minimum Gasteiger partial charge on any atom is -0.485 e. The van der Waals surface area contributed by atoms with Crippen LogP contribution in [0.5, 0.6) is 11.5 Å². The van der Waals surface area contributed by atoms with Gasteiger partial charge in [0.1, 0.15) is 12.1 Å². The van der Waals surface area contributed by atoms with Gasteiger partial charge in [-0.25, -0.2) is 4.79 Å². The molecule has 0 unspecified atom stereocenters. The molecule has 9 nitrogen and oxygen atoms in total. The number of rotatable bonds is 7. The number of carbonyl (C=O) groups excluding carboxylic acids is 2. The molecule has 34 heavy (non-hydrogen) atoms. The van der Waals surface area contributed by atoms with Gasteiger partial charge >= 0.3 is 11.9 Å². The highest BCUT2D eigenvalue weighted by Crippen LogP contribution is 2.55. The highest BCUT2D eigenvalue weighted by atomic mass is 16.6. The molecule has 0 bridgehead atoms. The summed E-state index contributed by atoms with van der Waals surface area (Å²) < 4.78 is 11.9. The van der Waals surface area contributed by atoms with Crippen molar-refractivity contribution >= 4 is 17.8 Å². The predicted octanol–water partition coefficient (Wildman–Crippen LogP) is 1.75. The fourth-order valence-electron chi connectivity index (χ4n) is 5.15. The topological polar surface area (TPSA) is 125 Å². The standard InChI is InChI=1S/C25H32N2O7/c1-14(2)22(24(31)32)26-19(29)6-7-20(30)33-17-5-4-15-13-27(3)11-10-25-9-8-16(28)12-18(25)34-23(17)21(15)25/h4-5,8-9,14,16,18,22,28H,6-7,10-13H2,1-3H3,(H,26,29)(H,31,32)/t16-,18-,22-,25-/m0/s1. The van der Waals surface area contributed by atoms with Gasteiger partial charge in [0.15, 0.2) is 11.5 Å². The Morgan fingerprint density at radius 3 is 2.76 bits per heavy atom. The van der Waals surface area contributed by atoms with Crippen LogP contribution in [0.4, 0.5) is 0 Å². The first-order chi connectivity index (χ1) is 16.1. The first-order valence-electron chi connectivity index (χ1n) is 11.7. The molecular weight excluding hydrogens is 440 g/mol. The van der Waals surface area contributed by atoms with E-state index < -0.39 is 30.0 Å². The summed E-state index contributed by atoms with van der Waals surface area (Å²) in [6.45, 7) is 5.01. The first kappa shape index (κ1) is 24.2. The number of carbonyl (C=O) groups is 3. The zero-order valence-corrected chi connectivity index (χ0v) is 19.7. The predicted molar refractivity (Wildman–Crippen MR) is 123 cm³/mol. The highest BCUT2D eigenvalue weighted by Gasteiger charge is 2.52. The molecular formula is C25H32N2O7. The molecule has 184 valence electrons. The minimum atomic E-state index is -1.11. The van der Waals surface area contributed by atoms with E-state index in [9.17, 15) is 24.6 Å². The van der Waals surface area contributed by atoms with Crippen molar-refractivity contribution in [3.05, 3.63) is 35.4 Å². The summed E-state index contributed by atoms with van der Waals surface area (Å²) in [6, 6.07) is 2.65. The Bertz CT molecular complexity index is 1020. The van der Waals surface area contributed by atoms with E-state index in [2.05, 4.69) is 17.3 Å². The van der Waals surface area contributed by atoms with E-state index in [0.717, 1.165) is 30.6 Å². The lowest BCUT2D eigenvalue weighted by molar-refractivity contribution is -0.143. The fourth-order valence-corrected chi connectivity index (χ4v) is 5.15. The number of nitrogens with zero attached hydrogens (tertiary/aromatic N) is 1. The maximum Gasteiger partial charge on any atom is 0.326 e. The number of aliphatic hydroxyl groups excluding tert-OH is 1. The zero-order valence-electron chi connectivity index (χ0n) is 19.7. The van der Waals surface area contributed by atoms with Gasteiger partial charge in [-0.1, -0.05) is 32.1 Å². The van der Waals surface area contributed by atoms with Crippen molar-refractivity contribution in [2.24, 2.45) is 5.92 Å². The summed E-state index contributed by atoms with van der Waals surface area (Å²) in [6.07, 6.45) is 3.96. The number of ether oxygens (including phenoxy) is 2. The van der Waals surface area contributed by atoms with Crippen molar-refractivity contribution in [2.45, 2.75) is 69.7 Å². The third-order valence-corrected chi connectivity index (χ3v) is 6.96. The SMILES string of the molecule is CC(C)[C@H](NC(=O)CCC(=O)Oc1ccc2c3c1O[C@H]1C[C@@H](O)C=C[C@@]31CCN(C)C2)C(=O)O. The Labute approximate surface area is 198 Å². The monoisotopic (exact) mass is 472 g/mol. The fraction of sp³-hybridized carbons (Fsp3) is 0.560. The second-order valence-electron chi connectivity index (χ2n) is 9.83. The Hall–Kier alpha value is -2.91. The van der Waals surface area contributed by atoms with Gasteiger partial charge in [-0.05, 0) is 37.6 Å². The number of aliphatic hydroxyl groups is 1. The third kappa shape index (κ3) is 4.54. The van der Waals surface area contributed by atoms with Crippen LogP contribution < -0.4 is 14.8 Å². The molecule has 3 N–H and O–H groups in total. The van der Waals surface area contributed by atoms with Crippen LogP contribution in [-0.2, 0) is 26.3 Å². The minimum absolute atomic E-state index is 0.178. The van der Waals surface area contributed by atoms with Crippen molar-refractivity contribution in [1.82, 2.24) is 10.2 Å². The van der Waals surface area contributed by atoms with E-state index in [1.54, 1.807) is 19.9 Å². The van der Waals surface area contributed by atoms with Crippen LogP contribution in [0.3, 0.4) is 0 Å². The Morgan fingerprint density at radius 1 is 1.29 bits per heavy atom. The van der Waals surface area contributed by atoms with Crippen LogP contribution >= 0.6 is 0 Å². The molecule has 0 fully saturated rings. The number of carboxylic acids is 1. The van der Waals surface area contributed by atoms with Crippen molar-refractivity contribution in [3.8, 4) is 11.5 Å². The molecule has 0 saturated carbocycles. The van der Waals surface area contributed by atoms with Gasteiger partial charge in [-0.3, -0.25) is 9.59 Å². The number of benzene rings is 1. The number of nitrogens with one attached hydrogen (secondary N) is 1. The second kappa shape index (κ2) is 9.38. The van der Waals surface area contributed by atoms with E-state index in [0.29, 0.717) is 17.9 Å². The summed E-state index contributed by atoms with van der Waals surface area (Å²) in [5.41, 5.74) is 1.74. The van der Waals surface area contributed by atoms with E-state index in [1.165, 1.54) is 0 Å². The number of aliphatic carboxylic acids is 1. The van der Waals surface area contributed by atoms with E-state index >= 15 is 0 Å². The van der Waals surface area contributed by atoms with Gasteiger partial charge in [-0.15, -0.1) is 0 Å². The average molecular weight is 473 g/mol. The molecule has 2 heterocycles. The average Bonchev–Trinajstić information content (AvgIpc) is 3.03. The van der Waals surface area contributed by atoms with Crippen LogP contribution in [0.25, 0.3) is 0 Å². The van der Waals surface area contributed by atoms with E-state index in [-0.39, 0.29) is 30.3 Å². The van der Waals surface area contributed by atoms with Crippen LogP contribution in [0, 0.1) is 5.92 Å². The lowest BCUT2D eigenvalue weighted by atomic mass is 9.69. The van der Waals surface area contributed by atoms with Crippen LogP contribution in [0.2, 0.25) is 0 Å². The quantitative estimate of drug-likeness (QED) is 0.311. The van der Waals surface area contributed by atoms with Gasteiger partial charge < -0.3 is 29.9 Å². The first-order valence-corrected chi connectivity index (χ1v) is 11.7. The number of hydrogen-bond donors (Lipinski definition) is 3. The van der Waals surface area contributed by atoms with E-state index in [1.807, 2.05) is 18.2 Å². The van der Waals surface area contributed by atoms with Crippen LogP contribution in [-0.4, -0.2) is 64.8 Å². The molecule has 9 heteroatoms. The highest BCUT2D eigenvalue weighted by molar-refractivity contribution is 5.86. The molecule has 0 radical (unpaired) electrons. The molecule has 1 aromatic carbocycles. The van der Waals surface area contributed by atoms with Crippen molar-refractivity contribution in [2.75, 3.05) is 13.6 Å². The maximum absolute atomic E-state index is 12.6. The molecule has 1 aromatic rings. The molecule has 1 spiro atoms. The second-order valence-corrected chi connectivity index (χ2v) is 9.83. The number of carboxylic acid groups (broad SMARTS) is 1. The third-order valence-electron chi connectivity index (χ3n) is 6.96. The van der Waals surface area contributed by atoms with Gasteiger partial charge in [0, 0.05) is 24.9 Å². The maximum atomic E-state index is 12.6. The van der Waals surface area contributed by atoms with Crippen molar-refractivity contribution in [3.63, 3.8) is 0 Å². The number of amides is 1. The Kier molecular flexibility index (Phi) is 6.69.